The summed E-state index contributed by atoms with van der Waals surface area (Å²) in [5.74, 6) is -1.66. The number of aliphatic carboxylic acids is 1. The molecule has 2 atom stereocenters. The van der Waals surface area contributed by atoms with E-state index in [-0.39, 0.29) is 16.8 Å². The number of thioether (sulfide) groups is 2. The topological polar surface area (TPSA) is 121 Å². The summed E-state index contributed by atoms with van der Waals surface area (Å²) in [6.07, 6.45) is 2.43. The van der Waals surface area contributed by atoms with Crippen LogP contribution in [0.15, 0.2) is 35.8 Å². The number of β-lactam (4-membered cyclic amide) rings is 1. The van der Waals surface area contributed by atoms with Gasteiger partial charge in [0.2, 0.25) is 5.91 Å². The fourth-order valence-corrected chi connectivity index (χ4v) is 4.28. The Morgan fingerprint density at radius 1 is 1.50 bits per heavy atom. The van der Waals surface area contributed by atoms with Crippen LogP contribution in [0.4, 0.5) is 0 Å². The van der Waals surface area contributed by atoms with Crippen molar-refractivity contribution in [3.63, 3.8) is 0 Å². The molecule has 0 aromatic carbocycles. The summed E-state index contributed by atoms with van der Waals surface area (Å²) < 4.78 is 0. The van der Waals surface area contributed by atoms with Gasteiger partial charge in [0.25, 0.3) is 5.12 Å². The van der Waals surface area contributed by atoms with Gasteiger partial charge in [-0.15, -0.1) is 11.8 Å². The van der Waals surface area contributed by atoms with E-state index in [1.54, 1.807) is 0 Å². The molecular weight excluding hydrogens is 328 g/mol. The Hall–Kier alpha value is -1.71. The van der Waals surface area contributed by atoms with Crippen molar-refractivity contribution in [2.24, 2.45) is 5.73 Å². The van der Waals surface area contributed by atoms with Gasteiger partial charge in [-0.2, -0.15) is 0 Å². The molecule has 0 bridgehead atoms. The first-order valence-corrected chi connectivity index (χ1v) is 8.26. The highest BCUT2D eigenvalue weighted by molar-refractivity contribution is 8.14. The molecule has 2 aliphatic heterocycles. The summed E-state index contributed by atoms with van der Waals surface area (Å²) >= 11 is 2.14. The standard InChI is InChI=1S/C13H14N2O5S2/c1-2-3-7(16)13(20)22-5-6-4-21-11-8(14)10(17)15(11)9(6)12(18)19/h2-3,8,11,16H,1,4-5,14H2,(H,18,19)/b7-3-. The maximum absolute atomic E-state index is 11.7. The summed E-state index contributed by atoms with van der Waals surface area (Å²) in [6, 6.07) is -0.685. The van der Waals surface area contributed by atoms with Crippen LogP contribution in [0.25, 0.3) is 0 Å². The third kappa shape index (κ3) is 2.92. The van der Waals surface area contributed by atoms with Gasteiger partial charge in [-0.25, -0.2) is 4.79 Å². The minimum atomic E-state index is -1.22. The zero-order valence-electron chi connectivity index (χ0n) is 11.4. The van der Waals surface area contributed by atoms with E-state index in [0.29, 0.717) is 11.3 Å². The minimum Gasteiger partial charge on any atom is -0.504 e. The second-order valence-electron chi connectivity index (χ2n) is 4.56. The molecule has 0 radical (unpaired) electrons. The molecule has 2 rings (SSSR count). The largest absolute Gasteiger partial charge is 0.504 e. The zero-order chi connectivity index (χ0) is 16.4. The lowest BCUT2D eigenvalue weighted by Gasteiger charge is -2.48. The number of carboxylic acid groups (broad SMARTS) is 1. The lowest BCUT2D eigenvalue weighted by atomic mass is 10.0. The molecule has 0 aliphatic carbocycles. The van der Waals surface area contributed by atoms with E-state index in [4.69, 9.17) is 5.73 Å². The molecule has 118 valence electrons. The summed E-state index contributed by atoms with van der Waals surface area (Å²) in [6.45, 7) is 3.37. The Kier molecular flexibility index (Phi) is 4.99. The number of carboxylic acids is 1. The molecule has 2 aliphatic rings. The Balaban J connectivity index is 2.16. The lowest BCUT2D eigenvalue weighted by molar-refractivity contribution is -0.147. The van der Waals surface area contributed by atoms with Crippen LogP contribution in [0.2, 0.25) is 0 Å². The van der Waals surface area contributed by atoms with Crippen molar-refractivity contribution < 1.29 is 24.6 Å². The number of carbonyl (C=O) groups excluding carboxylic acids is 2. The van der Waals surface area contributed by atoms with Gasteiger partial charge in [-0.3, -0.25) is 14.5 Å². The Morgan fingerprint density at radius 3 is 2.77 bits per heavy atom. The molecule has 0 aromatic rings. The number of aliphatic hydroxyl groups is 1. The summed E-state index contributed by atoms with van der Waals surface area (Å²) in [7, 11) is 0. The van der Waals surface area contributed by atoms with Gasteiger partial charge < -0.3 is 15.9 Å². The first kappa shape index (κ1) is 16.7. The van der Waals surface area contributed by atoms with Crippen LogP contribution in [0, 0.1) is 0 Å². The van der Waals surface area contributed by atoms with E-state index in [0.717, 1.165) is 17.8 Å². The second-order valence-corrected chi connectivity index (χ2v) is 6.61. The summed E-state index contributed by atoms with van der Waals surface area (Å²) in [5.41, 5.74) is 5.99. The summed E-state index contributed by atoms with van der Waals surface area (Å²) in [5, 5.41) is 17.8. The monoisotopic (exact) mass is 342 g/mol. The molecule has 0 spiro atoms. The highest BCUT2D eigenvalue weighted by Gasteiger charge is 2.51. The molecular formula is C13H14N2O5S2. The molecule has 1 fully saturated rings. The number of hydrogen-bond donors (Lipinski definition) is 3. The van der Waals surface area contributed by atoms with Gasteiger partial charge in [0.15, 0.2) is 5.76 Å². The third-order valence-corrected chi connectivity index (χ3v) is 5.48. The van der Waals surface area contributed by atoms with Crippen LogP contribution < -0.4 is 5.73 Å². The smallest absolute Gasteiger partial charge is 0.352 e. The minimum absolute atomic E-state index is 0.0776. The van der Waals surface area contributed by atoms with Gasteiger partial charge in [0.1, 0.15) is 17.1 Å². The van der Waals surface area contributed by atoms with Crippen molar-refractivity contribution >= 4 is 40.5 Å². The zero-order valence-corrected chi connectivity index (χ0v) is 13.0. The molecule has 9 heteroatoms. The van der Waals surface area contributed by atoms with Gasteiger partial charge in [-0.1, -0.05) is 24.4 Å². The number of allylic oxidation sites excluding steroid dienone is 2. The number of nitrogens with zero attached hydrogens (tertiary/aromatic N) is 1. The number of aliphatic hydroxyl groups excluding tert-OH is 1. The average molecular weight is 342 g/mol. The second kappa shape index (κ2) is 6.59. The number of nitrogens with two attached hydrogens (primary N) is 1. The third-order valence-electron chi connectivity index (χ3n) is 3.15. The van der Waals surface area contributed by atoms with E-state index in [1.807, 2.05) is 0 Å². The van der Waals surface area contributed by atoms with Crippen LogP contribution in [0.5, 0.6) is 0 Å². The number of rotatable bonds is 5. The number of fused-ring (bicyclic) bond motifs is 1. The lowest BCUT2D eigenvalue weighted by Crippen LogP contribution is -2.68. The molecule has 4 N–H and O–H groups in total. The van der Waals surface area contributed by atoms with Crippen molar-refractivity contribution in [2.75, 3.05) is 11.5 Å². The molecule has 7 nitrogen and oxygen atoms in total. The normalized spacial score (nSPS) is 24.7. The van der Waals surface area contributed by atoms with Gasteiger partial charge >= 0.3 is 5.97 Å². The fourth-order valence-electron chi connectivity index (χ4n) is 2.10. The van der Waals surface area contributed by atoms with E-state index in [2.05, 4.69) is 6.58 Å². The van der Waals surface area contributed by atoms with Crippen LogP contribution in [-0.4, -0.2) is 55.0 Å². The van der Waals surface area contributed by atoms with Crippen molar-refractivity contribution in [1.29, 1.82) is 0 Å². The molecule has 22 heavy (non-hydrogen) atoms. The number of amides is 1. The highest BCUT2D eigenvalue weighted by atomic mass is 32.2. The first-order valence-electron chi connectivity index (χ1n) is 6.22. The average Bonchev–Trinajstić information content (AvgIpc) is 2.50. The fraction of sp³-hybridized carbons (Fsp3) is 0.308. The molecule has 1 saturated heterocycles. The summed E-state index contributed by atoms with van der Waals surface area (Å²) in [4.78, 5) is 36.0. The van der Waals surface area contributed by atoms with E-state index < -0.39 is 28.8 Å². The van der Waals surface area contributed by atoms with E-state index >= 15 is 0 Å². The maximum Gasteiger partial charge on any atom is 0.352 e. The van der Waals surface area contributed by atoms with Crippen molar-refractivity contribution in [2.45, 2.75) is 11.4 Å². The van der Waals surface area contributed by atoms with Crippen molar-refractivity contribution in [1.82, 2.24) is 4.90 Å². The Morgan fingerprint density at radius 2 is 2.18 bits per heavy atom. The van der Waals surface area contributed by atoms with Gasteiger partial charge in [-0.05, 0) is 11.6 Å². The number of carbonyl (C=O) groups is 3. The Bertz CT molecular complexity index is 614. The maximum atomic E-state index is 11.7. The van der Waals surface area contributed by atoms with E-state index in [9.17, 15) is 24.6 Å². The van der Waals surface area contributed by atoms with Crippen LogP contribution in [0.1, 0.15) is 0 Å². The SMILES string of the molecule is C=C/C=C(\O)C(=O)SCC1=C(C(=O)O)N2C(=O)C(N)C2SC1. The first-order chi connectivity index (χ1) is 10.4. The van der Waals surface area contributed by atoms with Gasteiger partial charge in [0, 0.05) is 11.5 Å². The highest BCUT2D eigenvalue weighted by Crippen LogP contribution is 2.40. The van der Waals surface area contributed by atoms with E-state index in [1.165, 1.54) is 22.7 Å². The molecule has 2 unspecified atom stereocenters. The van der Waals surface area contributed by atoms with Crippen LogP contribution >= 0.6 is 23.5 Å². The predicted molar refractivity (Wildman–Crippen MR) is 84.1 cm³/mol. The van der Waals surface area contributed by atoms with Crippen molar-refractivity contribution in [3.05, 3.63) is 35.8 Å². The van der Waals surface area contributed by atoms with Crippen LogP contribution in [-0.2, 0) is 14.4 Å². The van der Waals surface area contributed by atoms with Crippen LogP contribution in [0.3, 0.4) is 0 Å². The molecule has 0 saturated carbocycles. The quantitative estimate of drug-likeness (QED) is 0.285. The Labute approximate surface area is 134 Å². The predicted octanol–water partition coefficient (Wildman–Crippen LogP) is 0.455. The molecule has 2 heterocycles. The number of hydrogen-bond acceptors (Lipinski definition) is 7. The molecule has 1 amide bonds. The van der Waals surface area contributed by atoms with Crippen molar-refractivity contribution in [3.8, 4) is 0 Å². The van der Waals surface area contributed by atoms with Gasteiger partial charge in [0.05, 0.1) is 0 Å². The molecule has 0 aromatic heterocycles.